The number of nitrogens with two attached hydrogens (primary N) is 1. The van der Waals surface area contributed by atoms with Crippen molar-refractivity contribution in [3.63, 3.8) is 0 Å². The van der Waals surface area contributed by atoms with Crippen LogP contribution >= 0.6 is 11.6 Å². The Morgan fingerprint density at radius 2 is 2.15 bits per heavy atom. The highest BCUT2D eigenvalue weighted by molar-refractivity contribution is 6.30. The third-order valence-corrected chi connectivity index (χ3v) is 1.88. The molecule has 0 aromatic carbocycles. The van der Waals surface area contributed by atoms with Gasteiger partial charge < -0.3 is 5.73 Å². The first-order valence-electron chi connectivity index (χ1n) is 3.68. The lowest BCUT2D eigenvalue weighted by molar-refractivity contribution is 1.09. The average Bonchev–Trinajstić information content (AvgIpc) is 2.53. The van der Waals surface area contributed by atoms with Gasteiger partial charge in [0.15, 0.2) is 0 Å². The van der Waals surface area contributed by atoms with Crippen molar-refractivity contribution in [1.82, 2.24) is 15.2 Å². The van der Waals surface area contributed by atoms with E-state index in [9.17, 15) is 0 Å². The predicted octanol–water partition coefficient (Wildman–Crippen LogP) is 1.71. The third-order valence-electron chi connectivity index (χ3n) is 1.65. The molecule has 2 heterocycles. The van der Waals surface area contributed by atoms with Crippen molar-refractivity contribution in [2.24, 2.45) is 0 Å². The van der Waals surface area contributed by atoms with E-state index in [1.807, 2.05) is 0 Å². The van der Waals surface area contributed by atoms with Crippen LogP contribution in [0.3, 0.4) is 0 Å². The number of H-pyrrole nitrogens is 1. The summed E-state index contributed by atoms with van der Waals surface area (Å²) in [7, 11) is 0. The number of aromatic amines is 1. The van der Waals surface area contributed by atoms with Crippen LogP contribution in [0.15, 0.2) is 24.5 Å². The number of rotatable bonds is 1. The monoisotopic (exact) mass is 194 g/mol. The van der Waals surface area contributed by atoms with Gasteiger partial charge >= 0.3 is 0 Å². The molecular weight excluding hydrogens is 188 g/mol. The molecule has 0 fully saturated rings. The van der Waals surface area contributed by atoms with Gasteiger partial charge in [-0.2, -0.15) is 5.10 Å². The summed E-state index contributed by atoms with van der Waals surface area (Å²) in [6.07, 6.45) is 3.11. The Hall–Kier alpha value is -1.55. The summed E-state index contributed by atoms with van der Waals surface area (Å²) in [5, 5.41) is 7.16. The zero-order chi connectivity index (χ0) is 9.26. The van der Waals surface area contributed by atoms with Crippen LogP contribution in [0.4, 0.5) is 5.69 Å². The number of pyridine rings is 1. The highest BCUT2D eigenvalue weighted by Gasteiger charge is 2.04. The van der Waals surface area contributed by atoms with Crippen LogP contribution in [0.5, 0.6) is 0 Å². The molecule has 2 rings (SSSR count). The van der Waals surface area contributed by atoms with Gasteiger partial charge in [0, 0.05) is 6.20 Å². The summed E-state index contributed by atoms with van der Waals surface area (Å²) < 4.78 is 0. The van der Waals surface area contributed by atoms with Crippen molar-refractivity contribution in [1.29, 1.82) is 0 Å². The van der Waals surface area contributed by atoms with E-state index in [1.54, 1.807) is 24.5 Å². The van der Waals surface area contributed by atoms with Gasteiger partial charge in [-0.25, -0.2) is 0 Å². The molecule has 2 aromatic rings. The van der Waals surface area contributed by atoms with Crippen molar-refractivity contribution in [3.05, 3.63) is 29.5 Å². The lowest BCUT2D eigenvalue weighted by atomic mass is 10.2. The topological polar surface area (TPSA) is 67.6 Å². The summed E-state index contributed by atoms with van der Waals surface area (Å²) in [6.45, 7) is 0. The third kappa shape index (κ3) is 1.48. The SMILES string of the molecule is Nc1cn[nH]c1-c1ccc(Cl)cn1. The highest BCUT2D eigenvalue weighted by Crippen LogP contribution is 2.21. The van der Waals surface area contributed by atoms with Crippen molar-refractivity contribution < 1.29 is 0 Å². The molecule has 13 heavy (non-hydrogen) atoms. The molecule has 0 aliphatic rings. The van der Waals surface area contributed by atoms with E-state index in [0.717, 1.165) is 11.4 Å². The lowest BCUT2D eigenvalue weighted by Crippen LogP contribution is -1.88. The van der Waals surface area contributed by atoms with Crippen LogP contribution in [0.25, 0.3) is 11.4 Å². The quantitative estimate of drug-likeness (QED) is 0.726. The summed E-state index contributed by atoms with van der Waals surface area (Å²) in [4.78, 5) is 4.10. The van der Waals surface area contributed by atoms with E-state index in [-0.39, 0.29) is 0 Å². The minimum Gasteiger partial charge on any atom is -0.396 e. The van der Waals surface area contributed by atoms with E-state index in [4.69, 9.17) is 17.3 Å². The van der Waals surface area contributed by atoms with Gasteiger partial charge in [0.25, 0.3) is 0 Å². The minimum atomic E-state index is 0.579. The molecule has 0 atom stereocenters. The second kappa shape index (κ2) is 3.06. The smallest absolute Gasteiger partial charge is 0.106 e. The fourth-order valence-corrected chi connectivity index (χ4v) is 1.14. The van der Waals surface area contributed by atoms with Gasteiger partial charge in [0.1, 0.15) is 5.69 Å². The molecule has 3 N–H and O–H groups in total. The number of hydrogen-bond acceptors (Lipinski definition) is 3. The zero-order valence-electron chi connectivity index (χ0n) is 6.66. The second-order valence-corrected chi connectivity index (χ2v) is 3.00. The molecule has 0 bridgehead atoms. The first-order valence-corrected chi connectivity index (χ1v) is 4.06. The molecule has 66 valence electrons. The van der Waals surface area contributed by atoms with E-state index < -0.39 is 0 Å². The fraction of sp³-hybridized carbons (Fsp3) is 0. The van der Waals surface area contributed by atoms with Crippen molar-refractivity contribution in [2.75, 3.05) is 5.73 Å². The van der Waals surface area contributed by atoms with Gasteiger partial charge in [-0.05, 0) is 12.1 Å². The summed E-state index contributed by atoms with van der Waals surface area (Å²) >= 11 is 5.69. The molecule has 0 spiro atoms. The molecule has 4 nitrogen and oxygen atoms in total. The number of anilines is 1. The summed E-state index contributed by atoms with van der Waals surface area (Å²) in [6, 6.07) is 3.54. The van der Waals surface area contributed by atoms with Crippen molar-refractivity contribution >= 4 is 17.3 Å². The summed E-state index contributed by atoms with van der Waals surface area (Å²) in [5.74, 6) is 0. The maximum Gasteiger partial charge on any atom is 0.106 e. The molecule has 0 saturated carbocycles. The molecule has 0 unspecified atom stereocenters. The van der Waals surface area contributed by atoms with Crippen LogP contribution in [-0.2, 0) is 0 Å². The maximum absolute atomic E-state index is 5.69. The first-order chi connectivity index (χ1) is 6.27. The molecule has 0 aliphatic heterocycles. The van der Waals surface area contributed by atoms with Gasteiger partial charge in [0.05, 0.1) is 22.6 Å². The standard InChI is InChI=1S/C8H7ClN4/c9-5-1-2-7(11-3-5)8-6(10)4-12-13-8/h1-4H,10H2,(H,12,13). The number of hydrogen-bond donors (Lipinski definition) is 2. The molecule has 0 saturated heterocycles. The van der Waals surface area contributed by atoms with E-state index in [1.165, 1.54) is 0 Å². The lowest BCUT2D eigenvalue weighted by Gasteiger charge is -1.97. The number of nitrogen functional groups attached to an aromatic ring is 1. The number of nitrogens with one attached hydrogen (secondary N) is 1. The van der Waals surface area contributed by atoms with E-state index in [2.05, 4.69) is 15.2 Å². The molecule has 0 radical (unpaired) electrons. The van der Waals surface area contributed by atoms with Gasteiger partial charge in [-0.1, -0.05) is 11.6 Å². The molecular formula is C8H7ClN4. The van der Waals surface area contributed by atoms with Crippen LogP contribution in [0.1, 0.15) is 0 Å². The summed E-state index contributed by atoms with van der Waals surface area (Å²) in [5.41, 5.74) is 7.68. The molecule has 2 aromatic heterocycles. The Morgan fingerprint density at radius 1 is 1.31 bits per heavy atom. The van der Waals surface area contributed by atoms with Crippen LogP contribution in [0.2, 0.25) is 5.02 Å². The number of aromatic nitrogens is 3. The van der Waals surface area contributed by atoms with E-state index in [0.29, 0.717) is 10.7 Å². The van der Waals surface area contributed by atoms with E-state index >= 15 is 0 Å². The van der Waals surface area contributed by atoms with Crippen LogP contribution in [0, 0.1) is 0 Å². The normalized spacial score (nSPS) is 10.2. The molecule has 5 heteroatoms. The maximum atomic E-state index is 5.69. The van der Waals surface area contributed by atoms with Crippen molar-refractivity contribution in [2.45, 2.75) is 0 Å². The average molecular weight is 195 g/mol. The van der Waals surface area contributed by atoms with Gasteiger partial charge in [-0.3, -0.25) is 10.1 Å². The Morgan fingerprint density at radius 3 is 2.69 bits per heavy atom. The first kappa shape index (κ1) is 8.07. The van der Waals surface area contributed by atoms with Crippen LogP contribution < -0.4 is 5.73 Å². The second-order valence-electron chi connectivity index (χ2n) is 2.56. The molecule has 0 amide bonds. The Kier molecular flexibility index (Phi) is 1.90. The van der Waals surface area contributed by atoms with Gasteiger partial charge in [0.2, 0.25) is 0 Å². The Labute approximate surface area is 79.7 Å². The van der Waals surface area contributed by atoms with Gasteiger partial charge in [-0.15, -0.1) is 0 Å². The van der Waals surface area contributed by atoms with Crippen LogP contribution in [-0.4, -0.2) is 15.2 Å². The van der Waals surface area contributed by atoms with Crippen molar-refractivity contribution in [3.8, 4) is 11.4 Å². The predicted molar refractivity (Wildman–Crippen MR) is 51.2 cm³/mol. The minimum absolute atomic E-state index is 0.579. The number of nitrogens with zero attached hydrogens (tertiary/aromatic N) is 2. The fourth-order valence-electron chi connectivity index (χ4n) is 1.02. The molecule has 0 aliphatic carbocycles. The number of halogens is 1. The zero-order valence-corrected chi connectivity index (χ0v) is 7.42. The largest absolute Gasteiger partial charge is 0.396 e. The Bertz CT molecular complexity index is 406. The highest BCUT2D eigenvalue weighted by atomic mass is 35.5. The Balaban J connectivity index is 2.47.